The zero-order valence-corrected chi connectivity index (χ0v) is 13.4. The molecule has 0 heterocycles. The lowest BCUT2D eigenvalue weighted by Gasteiger charge is -2.22. The predicted octanol–water partition coefficient (Wildman–Crippen LogP) is 1.22. The minimum absolute atomic E-state index is 0. The second kappa shape index (κ2) is 10.9. The maximum Gasteiger partial charge on any atom is 0.224 e. The van der Waals surface area contributed by atoms with Gasteiger partial charge in [-0.05, 0) is 19.9 Å². The van der Waals surface area contributed by atoms with E-state index in [2.05, 4.69) is 16.0 Å². The highest BCUT2D eigenvalue weighted by Gasteiger charge is 2.16. The number of halogens is 1. The monoisotopic (exact) mass is 305 g/mol. The Morgan fingerprint density at radius 3 is 2.45 bits per heavy atom. The molecule has 1 fully saturated rings. The van der Waals surface area contributed by atoms with Gasteiger partial charge in [0.1, 0.15) is 0 Å². The molecular weight excluding hydrogens is 278 g/mol. The van der Waals surface area contributed by atoms with E-state index in [0.29, 0.717) is 25.6 Å². The summed E-state index contributed by atoms with van der Waals surface area (Å²) in [5, 5.41) is 8.80. The van der Waals surface area contributed by atoms with Crippen molar-refractivity contribution in [2.45, 2.75) is 51.5 Å². The summed E-state index contributed by atoms with van der Waals surface area (Å²) in [6, 6.07) is 0.347. The molecule has 0 aromatic heterocycles. The van der Waals surface area contributed by atoms with Crippen molar-refractivity contribution < 1.29 is 9.59 Å². The summed E-state index contributed by atoms with van der Waals surface area (Å²) in [5.74, 6) is -0.0142. The zero-order valence-electron chi connectivity index (χ0n) is 12.5. The van der Waals surface area contributed by atoms with Gasteiger partial charge in [-0.1, -0.05) is 26.2 Å². The standard InChI is InChI=1S/C14H27N3O2.ClH/c1-11(10-15-2)14(19)16-9-8-13(18)17-12-6-4-3-5-7-12;/h11-12,15H,3-10H2,1-2H3,(H,16,19)(H,17,18);1H. The molecule has 2 amide bonds. The third kappa shape index (κ3) is 7.70. The molecule has 6 heteroatoms. The second-order valence-electron chi connectivity index (χ2n) is 5.40. The van der Waals surface area contributed by atoms with Crippen LogP contribution in [0.1, 0.15) is 45.4 Å². The summed E-state index contributed by atoms with van der Waals surface area (Å²) < 4.78 is 0. The maximum atomic E-state index is 11.7. The highest BCUT2D eigenvalue weighted by Crippen LogP contribution is 2.17. The van der Waals surface area contributed by atoms with Gasteiger partial charge >= 0.3 is 0 Å². The molecule has 1 aliphatic rings. The van der Waals surface area contributed by atoms with Gasteiger partial charge in [-0.3, -0.25) is 9.59 Å². The highest BCUT2D eigenvalue weighted by molar-refractivity contribution is 5.85. The Morgan fingerprint density at radius 1 is 1.20 bits per heavy atom. The molecule has 0 spiro atoms. The van der Waals surface area contributed by atoms with Crippen LogP contribution in [0.3, 0.4) is 0 Å². The van der Waals surface area contributed by atoms with Crippen molar-refractivity contribution in [3.8, 4) is 0 Å². The summed E-state index contributed by atoms with van der Waals surface area (Å²) in [4.78, 5) is 23.3. The fourth-order valence-electron chi connectivity index (χ4n) is 2.42. The Morgan fingerprint density at radius 2 is 1.85 bits per heavy atom. The van der Waals surface area contributed by atoms with Gasteiger partial charge in [-0.25, -0.2) is 0 Å². The lowest BCUT2D eigenvalue weighted by molar-refractivity contribution is -0.124. The molecule has 1 atom stereocenters. The van der Waals surface area contributed by atoms with Gasteiger partial charge in [-0.15, -0.1) is 12.4 Å². The third-order valence-corrected chi connectivity index (χ3v) is 3.58. The Bertz CT molecular complexity index is 294. The third-order valence-electron chi connectivity index (χ3n) is 3.58. The average Bonchev–Trinajstić information content (AvgIpc) is 2.40. The van der Waals surface area contributed by atoms with E-state index in [1.807, 2.05) is 14.0 Å². The molecule has 1 saturated carbocycles. The van der Waals surface area contributed by atoms with Gasteiger partial charge in [0.2, 0.25) is 11.8 Å². The van der Waals surface area contributed by atoms with Gasteiger partial charge in [0.05, 0.1) is 0 Å². The fourth-order valence-corrected chi connectivity index (χ4v) is 2.42. The van der Waals surface area contributed by atoms with Crippen molar-refractivity contribution in [3.05, 3.63) is 0 Å². The van der Waals surface area contributed by atoms with Gasteiger partial charge < -0.3 is 16.0 Å². The van der Waals surface area contributed by atoms with Crippen LogP contribution in [0, 0.1) is 5.92 Å². The highest BCUT2D eigenvalue weighted by atomic mass is 35.5. The molecule has 1 rings (SSSR count). The number of rotatable bonds is 7. The predicted molar refractivity (Wildman–Crippen MR) is 83.0 cm³/mol. The molecule has 5 nitrogen and oxygen atoms in total. The topological polar surface area (TPSA) is 70.2 Å². The fraction of sp³-hybridized carbons (Fsp3) is 0.857. The number of hydrogen-bond donors (Lipinski definition) is 3. The minimum Gasteiger partial charge on any atom is -0.355 e. The maximum absolute atomic E-state index is 11.7. The summed E-state index contributed by atoms with van der Waals surface area (Å²) >= 11 is 0. The van der Waals surface area contributed by atoms with Crippen molar-refractivity contribution in [3.63, 3.8) is 0 Å². The smallest absolute Gasteiger partial charge is 0.224 e. The summed E-state index contributed by atoms with van der Waals surface area (Å²) in [6.45, 7) is 2.94. The van der Waals surface area contributed by atoms with Gasteiger partial charge in [0, 0.05) is 31.5 Å². The van der Waals surface area contributed by atoms with Crippen LogP contribution in [0.4, 0.5) is 0 Å². The second-order valence-corrected chi connectivity index (χ2v) is 5.40. The van der Waals surface area contributed by atoms with Crippen LogP contribution in [0.15, 0.2) is 0 Å². The van der Waals surface area contributed by atoms with Crippen LogP contribution in [-0.4, -0.2) is 38.0 Å². The number of nitrogens with one attached hydrogen (secondary N) is 3. The van der Waals surface area contributed by atoms with Gasteiger partial charge in [-0.2, -0.15) is 0 Å². The number of carbonyl (C=O) groups excluding carboxylic acids is 2. The molecule has 1 aliphatic carbocycles. The molecule has 0 aliphatic heterocycles. The first-order chi connectivity index (χ1) is 9.13. The van der Waals surface area contributed by atoms with Crippen LogP contribution < -0.4 is 16.0 Å². The van der Waals surface area contributed by atoms with Crippen molar-refractivity contribution >= 4 is 24.2 Å². The lowest BCUT2D eigenvalue weighted by Crippen LogP contribution is -2.39. The van der Waals surface area contributed by atoms with Crippen LogP contribution in [0.25, 0.3) is 0 Å². The van der Waals surface area contributed by atoms with Crippen molar-refractivity contribution in [1.29, 1.82) is 0 Å². The molecule has 3 N–H and O–H groups in total. The van der Waals surface area contributed by atoms with E-state index in [1.165, 1.54) is 19.3 Å². The Balaban J connectivity index is 0.00000361. The normalized spacial score (nSPS) is 16.9. The molecule has 0 saturated heterocycles. The first kappa shape index (κ1) is 19.2. The van der Waals surface area contributed by atoms with E-state index < -0.39 is 0 Å². The van der Waals surface area contributed by atoms with E-state index in [9.17, 15) is 9.59 Å². The largest absolute Gasteiger partial charge is 0.355 e. The van der Waals surface area contributed by atoms with Crippen molar-refractivity contribution in [2.75, 3.05) is 20.1 Å². The lowest BCUT2D eigenvalue weighted by atomic mass is 9.95. The van der Waals surface area contributed by atoms with E-state index in [0.717, 1.165) is 12.8 Å². The van der Waals surface area contributed by atoms with E-state index in [-0.39, 0.29) is 30.1 Å². The van der Waals surface area contributed by atoms with Gasteiger partial charge in [0.15, 0.2) is 0 Å². The van der Waals surface area contributed by atoms with Gasteiger partial charge in [0.25, 0.3) is 0 Å². The van der Waals surface area contributed by atoms with E-state index in [1.54, 1.807) is 0 Å². The summed E-state index contributed by atoms with van der Waals surface area (Å²) in [6.07, 6.45) is 6.27. The molecule has 20 heavy (non-hydrogen) atoms. The minimum atomic E-state index is -0.0635. The molecule has 0 radical (unpaired) electrons. The quantitative estimate of drug-likeness (QED) is 0.662. The van der Waals surface area contributed by atoms with Crippen LogP contribution in [0.5, 0.6) is 0 Å². The number of hydrogen-bond acceptors (Lipinski definition) is 3. The summed E-state index contributed by atoms with van der Waals surface area (Å²) in [7, 11) is 1.82. The Hall–Kier alpha value is -0.810. The van der Waals surface area contributed by atoms with Crippen molar-refractivity contribution in [2.24, 2.45) is 5.92 Å². The number of amides is 2. The molecule has 0 aromatic rings. The molecule has 0 bridgehead atoms. The molecule has 0 aromatic carbocycles. The first-order valence-electron chi connectivity index (χ1n) is 7.35. The zero-order chi connectivity index (χ0) is 14.1. The van der Waals surface area contributed by atoms with E-state index >= 15 is 0 Å². The average molecular weight is 306 g/mol. The molecule has 118 valence electrons. The van der Waals surface area contributed by atoms with Crippen molar-refractivity contribution in [1.82, 2.24) is 16.0 Å². The number of carbonyl (C=O) groups is 2. The molecule has 1 unspecified atom stereocenters. The Labute approximate surface area is 128 Å². The van der Waals surface area contributed by atoms with Crippen LogP contribution in [0.2, 0.25) is 0 Å². The SMILES string of the molecule is CNCC(C)C(=O)NCCC(=O)NC1CCCCC1.Cl. The first-order valence-corrected chi connectivity index (χ1v) is 7.35. The Kier molecular flexibility index (Phi) is 10.5. The van der Waals surface area contributed by atoms with Crippen LogP contribution >= 0.6 is 12.4 Å². The summed E-state index contributed by atoms with van der Waals surface area (Å²) in [5.41, 5.74) is 0. The van der Waals surface area contributed by atoms with Crippen LogP contribution in [-0.2, 0) is 9.59 Å². The molecular formula is C14H28ClN3O2. The van der Waals surface area contributed by atoms with E-state index in [4.69, 9.17) is 0 Å².